The molecule has 3 aliphatic heterocycles. The molecule has 17 heteroatoms. The summed E-state index contributed by atoms with van der Waals surface area (Å²) >= 11 is 0. The first kappa shape index (κ1) is 51.0. The molecule has 10 N–H and O–H groups in total. The molecule has 378 valence electrons. The van der Waals surface area contributed by atoms with E-state index in [9.17, 15) is 55.9 Å². The van der Waals surface area contributed by atoms with Crippen LogP contribution in [0.5, 0.6) is 0 Å². The molecule has 0 amide bonds. The van der Waals surface area contributed by atoms with Crippen molar-refractivity contribution in [3.63, 3.8) is 0 Å². The van der Waals surface area contributed by atoms with Crippen molar-refractivity contribution in [3.8, 4) is 0 Å². The highest BCUT2D eigenvalue weighted by Crippen LogP contribution is 2.76. The molecule has 3 saturated heterocycles. The van der Waals surface area contributed by atoms with Crippen LogP contribution in [0.1, 0.15) is 120 Å². The highest BCUT2D eigenvalue weighted by molar-refractivity contribution is 5.73. The lowest BCUT2D eigenvalue weighted by molar-refractivity contribution is -0.396. The van der Waals surface area contributed by atoms with Gasteiger partial charge in [0.15, 0.2) is 25.0 Å². The van der Waals surface area contributed by atoms with Crippen LogP contribution in [-0.4, -0.2) is 168 Å². The number of aliphatic hydroxyl groups is 9. The van der Waals surface area contributed by atoms with E-state index in [1.807, 2.05) is 6.92 Å². The second-order valence-corrected chi connectivity index (χ2v) is 24.0. The molecule has 0 bridgehead atoms. The zero-order valence-electron chi connectivity index (χ0n) is 40.2. The lowest BCUT2D eigenvalue weighted by atomic mass is 9.33. The second-order valence-electron chi connectivity index (χ2n) is 24.0. The van der Waals surface area contributed by atoms with Gasteiger partial charge in [-0.05, 0) is 115 Å². The van der Waals surface area contributed by atoms with Crippen LogP contribution in [0.25, 0.3) is 0 Å². The number of aliphatic hydroxyl groups excluding tert-OH is 9. The smallest absolute Gasteiger partial charge is 0.335 e. The van der Waals surface area contributed by atoms with E-state index in [4.69, 9.17) is 28.4 Å². The predicted octanol–water partition coefficient (Wildman–Crippen LogP) is 1.98. The maximum Gasteiger partial charge on any atom is 0.335 e. The van der Waals surface area contributed by atoms with Gasteiger partial charge in [0.1, 0.15) is 61.0 Å². The van der Waals surface area contributed by atoms with Crippen molar-refractivity contribution < 1.29 is 84.3 Å². The van der Waals surface area contributed by atoms with E-state index in [1.54, 1.807) is 5.57 Å². The Kier molecular flexibility index (Phi) is 13.7. The molecule has 0 aromatic rings. The molecule has 0 aromatic carbocycles. The molecule has 5 aliphatic carbocycles. The van der Waals surface area contributed by atoms with Gasteiger partial charge in [-0.15, -0.1) is 0 Å². The summed E-state index contributed by atoms with van der Waals surface area (Å²) in [5.41, 5.74) is 1.08. The van der Waals surface area contributed by atoms with Crippen LogP contribution in [0.3, 0.4) is 0 Å². The molecule has 0 radical (unpaired) electrons. The summed E-state index contributed by atoms with van der Waals surface area (Å²) in [5.74, 6) is -0.159. The Hall–Kier alpha value is -1.39. The summed E-state index contributed by atoms with van der Waals surface area (Å²) in [6.45, 7) is 19.6. The fraction of sp³-hybridized carbons (Fsp3) is 0.939. The van der Waals surface area contributed by atoms with Gasteiger partial charge in [-0.1, -0.05) is 67.0 Å². The van der Waals surface area contributed by atoms with E-state index in [0.29, 0.717) is 24.2 Å². The van der Waals surface area contributed by atoms with Crippen molar-refractivity contribution in [3.05, 3.63) is 11.6 Å². The van der Waals surface area contributed by atoms with Crippen LogP contribution in [0.2, 0.25) is 0 Å². The van der Waals surface area contributed by atoms with Crippen LogP contribution < -0.4 is 0 Å². The Morgan fingerprint density at radius 1 is 0.667 bits per heavy atom. The summed E-state index contributed by atoms with van der Waals surface area (Å²) < 4.78 is 36.3. The Morgan fingerprint density at radius 3 is 1.94 bits per heavy atom. The van der Waals surface area contributed by atoms with E-state index in [2.05, 4.69) is 54.5 Å². The van der Waals surface area contributed by atoms with E-state index >= 15 is 0 Å². The highest BCUT2D eigenvalue weighted by atomic mass is 16.8. The first-order valence-electron chi connectivity index (χ1n) is 24.6. The van der Waals surface area contributed by atoms with E-state index < -0.39 is 116 Å². The number of carboxylic acid groups (broad SMARTS) is 1. The van der Waals surface area contributed by atoms with Crippen molar-refractivity contribution in [2.45, 2.75) is 218 Å². The summed E-state index contributed by atoms with van der Waals surface area (Å²) in [6, 6.07) is 0. The Bertz CT molecular complexity index is 1820. The third kappa shape index (κ3) is 7.79. The van der Waals surface area contributed by atoms with Gasteiger partial charge in [-0.25, -0.2) is 4.79 Å². The van der Waals surface area contributed by atoms with Gasteiger partial charge < -0.3 is 79.5 Å². The predicted molar refractivity (Wildman–Crippen MR) is 234 cm³/mol. The summed E-state index contributed by atoms with van der Waals surface area (Å²) in [4.78, 5) is 12.5. The monoisotopic (exact) mass is 941 g/mol. The molecule has 4 saturated carbocycles. The number of ether oxygens (including phenoxy) is 6. The number of fused-ring (bicyclic) bond motifs is 7. The van der Waals surface area contributed by atoms with Gasteiger partial charge in [0.2, 0.25) is 0 Å². The quantitative estimate of drug-likeness (QED) is 0.117. The molecular formula is C49H80O17. The molecular weight excluding hydrogens is 861 g/mol. The normalized spacial score (nSPS) is 55.9. The molecule has 8 rings (SSSR count). The van der Waals surface area contributed by atoms with E-state index in [0.717, 1.165) is 32.1 Å². The molecule has 25 atom stereocenters. The number of aliphatic carboxylic acids is 1. The van der Waals surface area contributed by atoms with Gasteiger partial charge in [-0.3, -0.25) is 0 Å². The van der Waals surface area contributed by atoms with Crippen molar-refractivity contribution in [2.75, 3.05) is 13.2 Å². The lowest BCUT2D eigenvalue weighted by Gasteiger charge is -2.72. The topological polar surface area (TPSA) is 275 Å². The zero-order valence-corrected chi connectivity index (χ0v) is 40.2. The third-order valence-electron chi connectivity index (χ3n) is 20.0. The number of carbonyl (C=O) groups is 1. The van der Waals surface area contributed by atoms with Gasteiger partial charge >= 0.3 is 5.97 Å². The molecule has 0 spiro atoms. The highest BCUT2D eigenvalue weighted by Gasteiger charge is 2.69. The first-order chi connectivity index (χ1) is 30.7. The third-order valence-corrected chi connectivity index (χ3v) is 20.0. The zero-order chi connectivity index (χ0) is 48.4. The van der Waals surface area contributed by atoms with Crippen LogP contribution in [0.4, 0.5) is 0 Å². The first-order valence-corrected chi connectivity index (χ1v) is 24.6. The minimum atomic E-state index is -2.05. The minimum Gasteiger partial charge on any atom is -0.479 e. The summed E-state index contributed by atoms with van der Waals surface area (Å²) in [7, 11) is 0. The Labute approximate surface area is 388 Å². The molecule has 14 unspecified atom stereocenters. The summed E-state index contributed by atoms with van der Waals surface area (Å²) in [5, 5.41) is 108. The van der Waals surface area contributed by atoms with Gasteiger partial charge in [-0.2, -0.15) is 0 Å². The fourth-order valence-electron chi connectivity index (χ4n) is 15.6. The largest absolute Gasteiger partial charge is 0.479 e. The maximum absolute atomic E-state index is 12.5. The number of hydrogen-bond acceptors (Lipinski definition) is 16. The number of rotatable bonds is 9. The standard InChI is InChI=1S/C49H80O17/c1-22-18-44(3,4)19-25-24-10-11-28-46(6)14-13-29(47(7,21-51)27(46)12-15-49(28,9)48(24,8)17-16-45(22,25)5)63-43-39(35(57)34(56)37(64-43)40(59)60)66-42-38(33(55)31(53)26(20-50)62-42)65-41-36(58)32(54)30(52)23(2)61-41/h10,22-23,25-39,41-43,50-58H,11-21H2,1-9H3,(H,59,60)/t22?,23?,25?,26?,27?,28?,29?,30-,31-,32-,33+,34+,35+,36?,37?,38?,39?,41-,42-,43+,45?,46?,47+,48+,49?/m0/s1. The molecule has 7 fully saturated rings. The molecule has 8 aliphatic rings. The van der Waals surface area contributed by atoms with Crippen LogP contribution >= 0.6 is 0 Å². The summed E-state index contributed by atoms with van der Waals surface area (Å²) in [6.07, 6.45) is -15.6. The average molecular weight is 941 g/mol. The van der Waals surface area contributed by atoms with Crippen LogP contribution in [0, 0.1) is 56.2 Å². The van der Waals surface area contributed by atoms with Gasteiger partial charge in [0.25, 0.3) is 0 Å². The Morgan fingerprint density at radius 2 is 1.30 bits per heavy atom. The number of carboxylic acids is 1. The van der Waals surface area contributed by atoms with Crippen molar-refractivity contribution in [1.82, 2.24) is 0 Å². The molecule has 3 heterocycles. The number of allylic oxidation sites excluding steroid dienone is 2. The SMILES string of the molecule is CC1O[C@@H](OC2[C@H](OC3[C@H](OC4CCC5(C)C6CC=C7C8CC(C)(C)CC(C)C8(C)CC[C@@]7(C)C6(C)CCC5[C@@]4(C)CO)OC(C(=O)O)[C@H](O)[C@H]3O)OC(CO)[C@H](O)[C@H]2O)C(O)[C@@H](O)[C@H]1O. The second kappa shape index (κ2) is 17.7. The molecule has 17 nitrogen and oxygen atoms in total. The van der Waals surface area contributed by atoms with Crippen molar-refractivity contribution in [1.29, 1.82) is 0 Å². The van der Waals surface area contributed by atoms with Crippen molar-refractivity contribution in [2.24, 2.45) is 56.2 Å². The van der Waals surface area contributed by atoms with Crippen LogP contribution in [-0.2, 0) is 33.2 Å². The maximum atomic E-state index is 12.5. The molecule has 66 heavy (non-hydrogen) atoms. The van der Waals surface area contributed by atoms with E-state index in [1.165, 1.54) is 26.2 Å². The lowest BCUT2D eigenvalue weighted by Crippen LogP contribution is -2.68. The van der Waals surface area contributed by atoms with Crippen LogP contribution in [0.15, 0.2) is 11.6 Å². The number of hydrogen-bond donors (Lipinski definition) is 10. The minimum absolute atomic E-state index is 0.00323. The van der Waals surface area contributed by atoms with Gasteiger partial charge in [0.05, 0.1) is 25.4 Å². The van der Waals surface area contributed by atoms with Gasteiger partial charge in [0, 0.05) is 5.41 Å². The average Bonchev–Trinajstić information content (AvgIpc) is 3.25. The Balaban J connectivity index is 1.08. The molecule has 0 aromatic heterocycles. The van der Waals surface area contributed by atoms with E-state index in [-0.39, 0.29) is 39.6 Å². The van der Waals surface area contributed by atoms with Crippen molar-refractivity contribution >= 4 is 5.97 Å². The fourth-order valence-corrected chi connectivity index (χ4v) is 15.6.